The summed E-state index contributed by atoms with van der Waals surface area (Å²) in [6.45, 7) is 3.49. The zero-order chi connectivity index (χ0) is 31.2. The number of amides is 4. The second-order valence-corrected chi connectivity index (χ2v) is 11.5. The number of nitrogens with zero attached hydrogens (tertiary/aromatic N) is 2. The van der Waals surface area contributed by atoms with E-state index >= 15 is 0 Å². The Bertz CT molecular complexity index is 1380. The number of fused-ring (bicyclic) bond motifs is 1. The zero-order valence-electron chi connectivity index (χ0n) is 23.6. The molecule has 1 aromatic carbocycles. The maximum absolute atomic E-state index is 13.7. The smallest absolute Gasteiger partial charge is 0.475 e. The van der Waals surface area contributed by atoms with Gasteiger partial charge in [-0.25, -0.2) is 9.59 Å². The molecule has 43 heavy (non-hydrogen) atoms. The first-order chi connectivity index (χ1) is 20.4. The SMILES string of the molecule is CCNC(=O)Nc1sc2ccccc2c1C(=O)N1CCC2(CC1)N=C(COC1CCCCC1)NC2=O.O=C(O)C(F)(F)F. The normalized spacial score (nSPS) is 18.5. The number of ether oxygens (including phenoxy) is 1. The van der Waals surface area contributed by atoms with Gasteiger partial charge in [0.15, 0.2) is 0 Å². The Morgan fingerprint density at radius 2 is 1.81 bits per heavy atom. The molecular formula is C28H34F3N5O6S. The molecule has 0 radical (unpaired) electrons. The van der Waals surface area contributed by atoms with E-state index in [0.717, 1.165) is 22.9 Å². The standard InChI is InChI=1S/C26H33N5O4S.C2HF3O2/c1-2-27-25(34)29-22-21(18-10-6-7-11-19(18)36-22)23(32)31-14-12-26(13-15-31)24(33)28-20(30-26)16-35-17-8-4-3-5-9-17;3-2(4,5)1(6)7/h6-7,10-11,17H,2-5,8-9,12-16H2,1H3,(H2,27,29,34)(H,28,30,33);(H,6,7). The Balaban J connectivity index is 0.000000541. The molecule has 3 aliphatic rings. The Morgan fingerprint density at radius 3 is 2.44 bits per heavy atom. The molecular weight excluding hydrogens is 591 g/mol. The molecule has 0 atom stereocenters. The van der Waals surface area contributed by atoms with Crippen molar-refractivity contribution in [2.24, 2.45) is 4.99 Å². The molecule has 1 aliphatic carbocycles. The minimum atomic E-state index is -5.08. The third-order valence-electron chi connectivity index (χ3n) is 7.53. The van der Waals surface area contributed by atoms with Crippen LogP contribution in [0.15, 0.2) is 29.3 Å². The molecule has 4 N–H and O–H groups in total. The van der Waals surface area contributed by atoms with Gasteiger partial charge in [-0.05, 0) is 38.7 Å². The number of urea groups is 1. The van der Waals surface area contributed by atoms with Crippen LogP contribution in [0.3, 0.4) is 0 Å². The highest BCUT2D eigenvalue weighted by Crippen LogP contribution is 2.38. The van der Waals surface area contributed by atoms with Gasteiger partial charge in [0.25, 0.3) is 11.8 Å². The number of carbonyl (C=O) groups excluding carboxylic acids is 3. The number of carboxylic acids is 1. The van der Waals surface area contributed by atoms with Crippen molar-refractivity contribution >= 4 is 56.1 Å². The van der Waals surface area contributed by atoms with Crippen LogP contribution in [0.25, 0.3) is 10.1 Å². The lowest BCUT2D eigenvalue weighted by molar-refractivity contribution is -0.192. The van der Waals surface area contributed by atoms with Crippen molar-refractivity contribution in [2.75, 3.05) is 31.6 Å². The second kappa shape index (κ2) is 13.7. The average Bonchev–Trinajstić information content (AvgIpc) is 3.48. The molecule has 4 amide bonds. The highest BCUT2D eigenvalue weighted by atomic mass is 32.1. The van der Waals surface area contributed by atoms with Crippen LogP contribution in [-0.4, -0.2) is 83.7 Å². The first kappa shape index (κ1) is 32.2. The van der Waals surface area contributed by atoms with Crippen LogP contribution in [0.4, 0.5) is 23.0 Å². The van der Waals surface area contributed by atoms with Crippen molar-refractivity contribution in [1.82, 2.24) is 15.5 Å². The van der Waals surface area contributed by atoms with E-state index in [9.17, 15) is 27.6 Å². The van der Waals surface area contributed by atoms with E-state index in [1.807, 2.05) is 31.2 Å². The molecule has 5 rings (SSSR count). The monoisotopic (exact) mass is 625 g/mol. The van der Waals surface area contributed by atoms with Gasteiger partial charge in [-0.3, -0.25) is 19.9 Å². The lowest BCUT2D eigenvalue weighted by Gasteiger charge is -2.35. The summed E-state index contributed by atoms with van der Waals surface area (Å²) in [5.41, 5.74) is -0.334. The van der Waals surface area contributed by atoms with Crippen LogP contribution in [0.5, 0.6) is 0 Å². The highest BCUT2D eigenvalue weighted by Gasteiger charge is 2.47. The molecule has 2 fully saturated rings. The summed E-state index contributed by atoms with van der Waals surface area (Å²) in [6, 6.07) is 7.32. The van der Waals surface area contributed by atoms with E-state index in [-0.39, 0.29) is 23.9 Å². The first-order valence-corrected chi connectivity index (χ1v) is 14.9. The number of alkyl halides is 3. The Hall–Kier alpha value is -3.72. The molecule has 1 saturated heterocycles. The maximum atomic E-state index is 13.7. The minimum Gasteiger partial charge on any atom is -0.475 e. The Morgan fingerprint density at radius 1 is 1.16 bits per heavy atom. The van der Waals surface area contributed by atoms with Gasteiger partial charge in [0.1, 0.15) is 23.0 Å². The summed E-state index contributed by atoms with van der Waals surface area (Å²) < 4.78 is 38.7. The summed E-state index contributed by atoms with van der Waals surface area (Å²) in [6.07, 6.45) is 1.86. The molecule has 0 unspecified atom stereocenters. The predicted octanol–water partition coefficient (Wildman–Crippen LogP) is 4.53. The molecule has 2 aromatic rings. The molecule has 1 aromatic heterocycles. The van der Waals surface area contributed by atoms with Crippen molar-refractivity contribution < 1.29 is 42.2 Å². The molecule has 0 bridgehead atoms. The van der Waals surface area contributed by atoms with Crippen LogP contribution in [0.1, 0.15) is 62.2 Å². The number of benzene rings is 1. The third kappa shape index (κ3) is 7.82. The lowest BCUT2D eigenvalue weighted by Crippen LogP contribution is -2.50. The van der Waals surface area contributed by atoms with E-state index < -0.39 is 17.7 Å². The van der Waals surface area contributed by atoms with E-state index in [1.165, 1.54) is 30.6 Å². The molecule has 234 valence electrons. The molecule has 1 spiro atoms. The summed E-state index contributed by atoms with van der Waals surface area (Å²) in [7, 11) is 0. The number of aliphatic carboxylic acids is 1. The topological polar surface area (TPSA) is 149 Å². The largest absolute Gasteiger partial charge is 0.490 e. The Kier molecular flexibility index (Phi) is 10.3. The van der Waals surface area contributed by atoms with E-state index in [1.54, 1.807) is 4.90 Å². The van der Waals surface area contributed by atoms with Crippen LogP contribution in [0.2, 0.25) is 0 Å². The predicted molar refractivity (Wildman–Crippen MR) is 154 cm³/mol. The molecule has 3 heterocycles. The fourth-order valence-corrected chi connectivity index (χ4v) is 6.40. The van der Waals surface area contributed by atoms with E-state index in [2.05, 4.69) is 16.0 Å². The fourth-order valence-electron chi connectivity index (χ4n) is 5.31. The number of carbonyl (C=O) groups is 4. The van der Waals surface area contributed by atoms with Crippen LogP contribution in [0, 0.1) is 0 Å². The van der Waals surface area contributed by atoms with Crippen LogP contribution < -0.4 is 16.0 Å². The molecule has 15 heteroatoms. The van der Waals surface area contributed by atoms with Crippen molar-refractivity contribution in [3.05, 3.63) is 29.8 Å². The van der Waals surface area contributed by atoms with Gasteiger partial charge in [-0.2, -0.15) is 13.2 Å². The number of piperidine rings is 1. The summed E-state index contributed by atoms with van der Waals surface area (Å²) in [4.78, 5) is 54.2. The summed E-state index contributed by atoms with van der Waals surface area (Å²) in [5.74, 6) is -2.40. The van der Waals surface area contributed by atoms with Crippen LogP contribution >= 0.6 is 11.3 Å². The number of nitrogens with one attached hydrogen (secondary N) is 3. The van der Waals surface area contributed by atoms with Gasteiger partial charge in [0.05, 0.1) is 11.7 Å². The average molecular weight is 626 g/mol. The summed E-state index contributed by atoms with van der Waals surface area (Å²) >= 11 is 1.39. The molecule has 2 aliphatic heterocycles. The Labute approximate surface area is 249 Å². The van der Waals surface area contributed by atoms with Crippen LogP contribution in [-0.2, 0) is 14.3 Å². The van der Waals surface area contributed by atoms with Gasteiger partial charge >= 0.3 is 18.2 Å². The number of aliphatic imine (C=N–C) groups is 1. The zero-order valence-corrected chi connectivity index (χ0v) is 24.4. The number of rotatable bonds is 6. The number of likely N-dealkylation sites (tertiary alicyclic amines) is 1. The minimum absolute atomic E-state index is 0.101. The van der Waals surface area contributed by atoms with Crippen molar-refractivity contribution in [2.45, 2.75) is 69.7 Å². The van der Waals surface area contributed by atoms with Crippen molar-refractivity contribution in [3.8, 4) is 0 Å². The van der Waals surface area contributed by atoms with Crippen molar-refractivity contribution in [3.63, 3.8) is 0 Å². The molecule has 1 saturated carbocycles. The van der Waals surface area contributed by atoms with Gasteiger partial charge in [-0.1, -0.05) is 37.5 Å². The second-order valence-electron chi connectivity index (χ2n) is 10.5. The number of thiophene rings is 1. The number of hydrogen-bond acceptors (Lipinski definition) is 7. The lowest BCUT2D eigenvalue weighted by atomic mass is 9.87. The first-order valence-electron chi connectivity index (χ1n) is 14.1. The quantitative estimate of drug-likeness (QED) is 0.371. The van der Waals surface area contributed by atoms with Gasteiger partial charge in [0, 0.05) is 29.7 Å². The number of hydrogen-bond donors (Lipinski definition) is 4. The number of halogens is 3. The third-order valence-corrected chi connectivity index (χ3v) is 8.62. The van der Waals surface area contributed by atoms with Gasteiger partial charge < -0.3 is 25.4 Å². The molecule has 11 nitrogen and oxygen atoms in total. The number of carboxylic acid groups (broad SMARTS) is 1. The number of anilines is 1. The van der Waals surface area contributed by atoms with Gasteiger partial charge in [0.2, 0.25) is 0 Å². The fraction of sp³-hybridized carbons (Fsp3) is 0.536. The highest BCUT2D eigenvalue weighted by molar-refractivity contribution is 7.23. The van der Waals surface area contributed by atoms with E-state index in [4.69, 9.17) is 19.6 Å². The number of amidine groups is 1. The summed E-state index contributed by atoms with van der Waals surface area (Å²) in [5, 5.41) is 17.0. The maximum Gasteiger partial charge on any atom is 0.490 e. The van der Waals surface area contributed by atoms with Gasteiger partial charge in [-0.15, -0.1) is 11.3 Å². The van der Waals surface area contributed by atoms with E-state index in [0.29, 0.717) is 55.5 Å². The van der Waals surface area contributed by atoms with Crippen molar-refractivity contribution in [1.29, 1.82) is 0 Å².